The Balaban J connectivity index is 1.54. The fourth-order valence-electron chi connectivity index (χ4n) is 2.70. The van der Waals surface area contributed by atoms with Crippen molar-refractivity contribution in [1.82, 2.24) is 9.62 Å². The number of carbonyl (C=O) groups excluding carboxylic acids is 2. The molecule has 11 heteroatoms. The molecule has 3 atom stereocenters. The first kappa shape index (κ1) is 21.4. The molecule has 0 aromatic heterocycles. The summed E-state index contributed by atoms with van der Waals surface area (Å²) in [5.74, 6) is -1.26. The Labute approximate surface area is 172 Å². The van der Waals surface area contributed by atoms with Crippen molar-refractivity contribution in [2.24, 2.45) is 0 Å². The number of hydrogen-bond acceptors (Lipinski definition) is 7. The van der Waals surface area contributed by atoms with Gasteiger partial charge >= 0.3 is 5.97 Å². The van der Waals surface area contributed by atoms with Gasteiger partial charge < -0.3 is 10.1 Å². The summed E-state index contributed by atoms with van der Waals surface area (Å²) >= 11 is 0. The van der Waals surface area contributed by atoms with Crippen molar-refractivity contribution < 1.29 is 27.7 Å². The highest BCUT2D eigenvalue weighted by atomic mass is 32.2. The second-order valence-corrected chi connectivity index (χ2v) is 8.56. The van der Waals surface area contributed by atoms with Gasteiger partial charge in [0, 0.05) is 18.7 Å². The summed E-state index contributed by atoms with van der Waals surface area (Å²) in [5.41, 5.74) is 0.559. The van der Waals surface area contributed by atoms with E-state index in [0.29, 0.717) is 0 Å². The molecule has 0 aliphatic carbocycles. The Morgan fingerprint density at radius 1 is 1.20 bits per heavy atom. The third-order valence-corrected chi connectivity index (χ3v) is 6.35. The standard InChI is InChI=1S/C19H19N3O7S/c1-13(19(24)29-12-14-5-3-2-4-6-14)20-18(23)17-11-21(17)30(27,28)16-9-7-15(8-10-16)22(25)26/h2-10,13,17H,11-12H2,1H3,(H,20,23)/t13-,17-,21?/m0/s1. The van der Waals surface area contributed by atoms with Crippen LogP contribution < -0.4 is 5.32 Å². The summed E-state index contributed by atoms with van der Waals surface area (Å²) in [4.78, 5) is 34.3. The fourth-order valence-corrected chi connectivity index (χ4v) is 4.22. The number of sulfonamides is 1. The predicted molar refractivity (Wildman–Crippen MR) is 105 cm³/mol. The molecule has 1 N–H and O–H groups in total. The van der Waals surface area contributed by atoms with E-state index in [4.69, 9.17) is 4.74 Å². The van der Waals surface area contributed by atoms with Crippen LogP contribution in [-0.2, 0) is 31.0 Å². The maximum Gasteiger partial charge on any atom is 0.328 e. The first-order chi connectivity index (χ1) is 14.2. The minimum Gasteiger partial charge on any atom is -0.459 e. The van der Waals surface area contributed by atoms with Crippen LogP contribution >= 0.6 is 0 Å². The molecule has 1 unspecified atom stereocenters. The molecule has 0 bridgehead atoms. The number of esters is 1. The van der Waals surface area contributed by atoms with Crippen LogP contribution in [-0.4, -0.2) is 48.2 Å². The van der Waals surface area contributed by atoms with E-state index < -0.39 is 38.9 Å². The lowest BCUT2D eigenvalue weighted by atomic mass is 10.2. The molecule has 158 valence electrons. The zero-order valence-electron chi connectivity index (χ0n) is 15.9. The van der Waals surface area contributed by atoms with E-state index in [1.54, 1.807) is 24.3 Å². The minimum atomic E-state index is -3.97. The van der Waals surface area contributed by atoms with Gasteiger partial charge in [-0.25, -0.2) is 13.2 Å². The van der Waals surface area contributed by atoms with Crippen LogP contribution in [0.15, 0.2) is 59.5 Å². The third-order valence-electron chi connectivity index (χ3n) is 4.46. The van der Waals surface area contributed by atoms with E-state index >= 15 is 0 Å². The summed E-state index contributed by atoms with van der Waals surface area (Å²) in [6.45, 7) is 1.46. The van der Waals surface area contributed by atoms with Gasteiger partial charge in [-0.3, -0.25) is 14.9 Å². The number of non-ortho nitro benzene ring substituents is 1. The van der Waals surface area contributed by atoms with Crippen molar-refractivity contribution >= 4 is 27.6 Å². The average molecular weight is 433 g/mol. The quantitative estimate of drug-likeness (QED) is 0.286. The summed E-state index contributed by atoms with van der Waals surface area (Å²) < 4.78 is 31.2. The molecule has 1 amide bonds. The maximum absolute atomic E-state index is 12.6. The minimum absolute atomic E-state index is 0.0447. The monoisotopic (exact) mass is 433 g/mol. The number of ether oxygens (including phenoxy) is 1. The van der Waals surface area contributed by atoms with Crippen LogP contribution in [0, 0.1) is 10.1 Å². The molecular formula is C19H19N3O7S. The average Bonchev–Trinajstić information content (AvgIpc) is 3.54. The molecule has 1 aliphatic rings. The first-order valence-corrected chi connectivity index (χ1v) is 10.4. The molecular weight excluding hydrogens is 414 g/mol. The highest BCUT2D eigenvalue weighted by Gasteiger charge is 2.49. The molecule has 0 radical (unpaired) electrons. The number of benzene rings is 2. The zero-order valence-corrected chi connectivity index (χ0v) is 16.7. The third kappa shape index (κ3) is 4.81. The lowest BCUT2D eigenvalue weighted by Gasteiger charge is -2.13. The van der Waals surface area contributed by atoms with Gasteiger partial charge in [0.25, 0.3) is 5.69 Å². The first-order valence-electron chi connectivity index (χ1n) is 8.97. The van der Waals surface area contributed by atoms with Crippen LogP contribution in [0.1, 0.15) is 12.5 Å². The lowest BCUT2D eigenvalue weighted by molar-refractivity contribution is -0.384. The molecule has 1 heterocycles. The second kappa shape index (κ2) is 8.59. The van der Waals surface area contributed by atoms with Crippen LogP contribution in [0.2, 0.25) is 0 Å². The van der Waals surface area contributed by atoms with E-state index in [9.17, 15) is 28.1 Å². The Hall–Kier alpha value is -3.31. The number of rotatable bonds is 8. The van der Waals surface area contributed by atoms with Gasteiger partial charge in [-0.05, 0) is 24.6 Å². The van der Waals surface area contributed by atoms with Gasteiger partial charge in [0.2, 0.25) is 15.9 Å². The van der Waals surface area contributed by atoms with E-state index in [2.05, 4.69) is 5.32 Å². The van der Waals surface area contributed by atoms with Crippen molar-refractivity contribution in [2.75, 3.05) is 6.54 Å². The topological polar surface area (TPSA) is 136 Å². The van der Waals surface area contributed by atoms with Gasteiger partial charge in [0.1, 0.15) is 18.7 Å². The Morgan fingerprint density at radius 3 is 2.43 bits per heavy atom. The molecule has 1 aliphatic heterocycles. The molecule has 2 aromatic carbocycles. The van der Waals surface area contributed by atoms with E-state index in [-0.39, 0.29) is 23.7 Å². The van der Waals surface area contributed by atoms with Gasteiger partial charge in [-0.15, -0.1) is 0 Å². The van der Waals surface area contributed by atoms with Gasteiger partial charge in [-0.1, -0.05) is 30.3 Å². The molecule has 3 rings (SSSR count). The summed E-state index contributed by atoms with van der Waals surface area (Å²) in [6.07, 6.45) is 0. The molecule has 1 saturated heterocycles. The predicted octanol–water partition coefficient (Wildman–Crippen LogP) is 1.22. The SMILES string of the molecule is C[C@H](NC(=O)[C@@H]1CN1S(=O)(=O)c1ccc([N+](=O)[O-])cc1)C(=O)OCc1ccccc1. The normalized spacial score (nSPS) is 18.8. The van der Waals surface area contributed by atoms with Crippen LogP contribution in [0.5, 0.6) is 0 Å². The molecule has 0 spiro atoms. The fraction of sp³-hybridized carbons (Fsp3) is 0.263. The van der Waals surface area contributed by atoms with Gasteiger partial charge in [0.15, 0.2) is 0 Å². The largest absolute Gasteiger partial charge is 0.459 e. The highest BCUT2D eigenvalue weighted by molar-refractivity contribution is 7.89. The van der Waals surface area contributed by atoms with Gasteiger partial charge in [-0.2, -0.15) is 4.31 Å². The number of nitro groups is 1. The number of carbonyl (C=O) groups is 2. The molecule has 10 nitrogen and oxygen atoms in total. The van der Waals surface area contributed by atoms with E-state index in [1.165, 1.54) is 6.92 Å². The van der Waals surface area contributed by atoms with Crippen LogP contribution in [0.4, 0.5) is 5.69 Å². The second-order valence-electron chi connectivity index (χ2n) is 6.67. The zero-order chi connectivity index (χ0) is 21.9. The van der Waals surface area contributed by atoms with Crippen molar-refractivity contribution in [3.8, 4) is 0 Å². The van der Waals surface area contributed by atoms with Crippen LogP contribution in [0.3, 0.4) is 0 Å². The number of amides is 1. The molecule has 30 heavy (non-hydrogen) atoms. The van der Waals surface area contributed by atoms with Crippen LogP contribution in [0.25, 0.3) is 0 Å². The number of nitrogens with zero attached hydrogens (tertiary/aromatic N) is 2. The highest BCUT2D eigenvalue weighted by Crippen LogP contribution is 2.29. The smallest absolute Gasteiger partial charge is 0.328 e. The maximum atomic E-state index is 12.6. The molecule has 1 fully saturated rings. The summed E-state index contributed by atoms with van der Waals surface area (Å²) in [7, 11) is -3.97. The van der Waals surface area contributed by atoms with Crippen molar-refractivity contribution in [2.45, 2.75) is 30.5 Å². The van der Waals surface area contributed by atoms with Gasteiger partial charge in [0.05, 0.1) is 9.82 Å². The van der Waals surface area contributed by atoms with Crippen molar-refractivity contribution in [1.29, 1.82) is 0 Å². The Kier molecular flexibility index (Phi) is 6.13. The van der Waals surface area contributed by atoms with Crippen molar-refractivity contribution in [3.05, 3.63) is 70.3 Å². The van der Waals surface area contributed by atoms with Crippen molar-refractivity contribution in [3.63, 3.8) is 0 Å². The Bertz CT molecular complexity index is 1060. The Morgan fingerprint density at radius 2 is 1.83 bits per heavy atom. The number of nitrogens with one attached hydrogen (secondary N) is 1. The summed E-state index contributed by atoms with van der Waals surface area (Å²) in [5, 5.41) is 13.1. The molecule has 2 aromatic rings. The van der Waals surface area contributed by atoms with E-state index in [1.807, 2.05) is 6.07 Å². The van der Waals surface area contributed by atoms with E-state index in [0.717, 1.165) is 34.1 Å². The lowest BCUT2D eigenvalue weighted by Crippen LogP contribution is -2.42. The molecule has 0 saturated carbocycles. The number of hydrogen-bond donors (Lipinski definition) is 1. The number of nitro benzene ring substituents is 1. The summed E-state index contributed by atoms with van der Waals surface area (Å²) in [6, 6.07) is 11.5.